The number of likely N-dealkylation sites (tertiary alicyclic amines) is 1. The van der Waals surface area contributed by atoms with Gasteiger partial charge in [-0.2, -0.15) is 0 Å². The summed E-state index contributed by atoms with van der Waals surface area (Å²) in [5.74, 6) is 0.312. The molecule has 0 spiro atoms. The van der Waals surface area contributed by atoms with Gasteiger partial charge in [0.1, 0.15) is 11.9 Å². The van der Waals surface area contributed by atoms with E-state index in [0.717, 1.165) is 57.3 Å². The van der Waals surface area contributed by atoms with Crippen molar-refractivity contribution in [2.24, 2.45) is 5.92 Å². The van der Waals surface area contributed by atoms with E-state index in [1.165, 1.54) is 12.1 Å². The first-order chi connectivity index (χ1) is 26.6. The molecule has 2 unspecified atom stereocenters. The highest BCUT2D eigenvalue weighted by molar-refractivity contribution is 6.37. The average molecular weight is 792 g/mol. The van der Waals surface area contributed by atoms with Gasteiger partial charge in [-0.25, -0.2) is 0 Å². The number of esters is 1. The van der Waals surface area contributed by atoms with Crippen molar-refractivity contribution in [1.29, 1.82) is 0 Å². The number of unbranched alkanes of at least 4 members (excludes halogenated alkanes) is 2. The normalized spacial score (nSPS) is 21.0. The number of halogens is 2. The molecule has 0 aliphatic carbocycles. The molecule has 4 saturated heterocycles. The average Bonchev–Trinajstić information content (AvgIpc) is 3.20. The van der Waals surface area contributed by atoms with Crippen LogP contribution in [-0.4, -0.2) is 95.4 Å². The number of fused-ring (bicyclic) bond motifs is 4. The highest BCUT2D eigenvalue weighted by Crippen LogP contribution is 2.40. The second kappa shape index (κ2) is 17.3. The number of aromatic nitrogens is 1. The standard InChI is InChI=1S/C42H48Cl2N4O7/c43-32-23-28(24-33(44)39(32)54-22-6-2-5-17-45-25-35(50)30-9-11-34(49)38-31(30)10-12-37(51)46-38)40(52)48-20-15-42(16-21-48,29-7-3-1-4-8-29)41(53)55-36-26-47-18-13-27(36)14-19-47/h1,3-4,7-12,23-24,27,35-36,45,49-50H,2,5-6,13-22,25-26H2,(H,46,51). The maximum absolute atomic E-state index is 14.0. The summed E-state index contributed by atoms with van der Waals surface area (Å²) in [7, 11) is 0. The van der Waals surface area contributed by atoms with Gasteiger partial charge in [0, 0.05) is 43.2 Å². The minimum atomic E-state index is -0.822. The van der Waals surface area contributed by atoms with Gasteiger partial charge in [0.25, 0.3) is 5.91 Å². The number of phenols is 1. The third kappa shape index (κ3) is 8.66. The Labute approximate surface area is 330 Å². The van der Waals surface area contributed by atoms with Gasteiger partial charge < -0.3 is 34.9 Å². The highest BCUT2D eigenvalue weighted by Gasteiger charge is 2.47. The number of carbonyl (C=O) groups excluding carboxylic acids is 2. The van der Waals surface area contributed by atoms with Crippen molar-refractivity contribution in [3.05, 3.63) is 104 Å². The first-order valence-electron chi connectivity index (χ1n) is 19.3. The number of carbonyl (C=O) groups is 2. The molecule has 0 radical (unpaired) electrons. The number of piperidine rings is 4. The molecule has 1 amide bonds. The lowest BCUT2D eigenvalue weighted by Crippen LogP contribution is -2.55. The van der Waals surface area contributed by atoms with Crippen LogP contribution < -0.4 is 15.6 Å². The van der Waals surface area contributed by atoms with Crippen LogP contribution in [-0.2, 0) is 14.9 Å². The Morgan fingerprint density at radius 3 is 2.36 bits per heavy atom. The Balaban J connectivity index is 0.872. The highest BCUT2D eigenvalue weighted by atomic mass is 35.5. The number of aliphatic hydroxyl groups is 1. The molecule has 4 N–H and O–H groups in total. The Kier molecular flexibility index (Phi) is 12.3. The van der Waals surface area contributed by atoms with Gasteiger partial charge in [-0.3, -0.25) is 19.3 Å². The predicted molar refractivity (Wildman–Crippen MR) is 212 cm³/mol. The summed E-state index contributed by atoms with van der Waals surface area (Å²) < 4.78 is 12.2. The third-order valence-corrected chi connectivity index (χ3v) is 12.1. The summed E-state index contributed by atoms with van der Waals surface area (Å²) in [6, 6.07) is 19.1. The first-order valence-corrected chi connectivity index (χ1v) is 20.0. The molecular formula is C42H48Cl2N4O7. The number of hydrogen-bond donors (Lipinski definition) is 4. The Bertz CT molecular complexity index is 2020. The van der Waals surface area contributed by atoms with Crippen LogP contribution in [0.5, 0.6) is 11.5 Å². The molecule has 4 aliphatic heterocycles. The molecule has 2 bridgehead atoms. The molecule has 11 nitrogen and oxygen atoms in total. The van der Waals surface area contributed by atoms with Crippen LogP contribution in [0.2, 0.25) is 10.0 Å². The molecule has 8 rings (SSSR count). The predicted octanol–water partition coefficient (Wildman–Crippen LogP) is 6.22. The zero-order valence-corrected chi connectivity index (χ0v) is 32.3. The summed E-state index contributed by atoms with van der Waals surface area (Å²) in [5.41, 5.74) is 1.07. The number of nitrogens with zero attached hydrogens (tertiary/aromatic N) is 2. The number of aromatic hydroxyl groups is 1. The van der Waals surface area contributed by atoms with E-state index in [1.54, 1.807) is 29.2 Å². The second-order valence-electron chi connectivity index (χ2n) is 15.0. The largest absolute Gasteiger partial charge is 0.506 e. The number of H-pyrrole nitrogens is 1. The number of pyridine rings is 1. The molecule has 0 saturated carbocycles. The molecular weight excluding hydrogens is 743 g/mol. The van der Waals surface area contributed by atoms with Gasteiger partial charge in [0.15, 0.2) is 5.75 Å². The van der Waals surface area contributed by atoms with E-state index in [4.69, 9.17) is 32.7 Å². The number of aromatic amines is 1. The minimum absolute atomic E-state index is 0.0469. The lowest BCUT2D eigenvalue weighted by Gasteiger charge is -2.46. The van der Waals surface area contributed by atoms with Crippen molar-refractivity contribution < 1.29 is 29.3 Å². The van der Waals surface area contributed by atoms with E-state index in [2.05, 4.69) is 15.2 Å². The Morgan fingerprint density at radius 1 is 0.945 bits per heavy atom. The van der Waals surface area contributed by atoms with Crippen molar-refractivity contribution in [3.8, 4) is 11.5 Å². The summed E-state index contributed by atoms with van der Waals surface area (Å²) in [6.45, 7) is 5.09. The monoisotopic (exact) mass is 790 g/mol. The van der Waals surface area contributed by atoms with Crippen LogP contribution in [0.15, 0.2) is 71.5 Å². The number of ether oxygens (including phenoxy) is 2. The van der Waals surface area contributed by atoms with E-state index in [-0.39, 0.29) is 39.3 Å². The van der Waals surface area contributed by atoms with Crippen LogP contribution in [0.3, 0.4) is 0 Å². The van der Waals surface area contributed by atoms with Gasteiger partial charge in [-0.15, -0.1) is 0 Å². The van der Waals surface area contributed by atoms with Gasteiger partial charge in [0.2, 0.25) is 5.56 Å². The van der Waals surface area contributed by atoms with Gasteiger partial charge >= 0.3 is 5.97 Å². The molecule has 1 aromatic heterocycles. The van der Waals surface area contributed by atoms with Crippen LogP contribution in [0.1, 0.15) is 72.5 Å². The van der Waals surface area contributed by atoms with Crippen molar-refractivity contribution in [1.82, 2.24) is 20.1 Å². The Morgan fingerprint density at radius 2 is 1.67 bits per heavy atom. The summed E-state index contributed by atoms with van der Waals surface area (Å²) in [4.78, 5) is 46.2. The fraction of sp³-hybridized carbons (Fsp3) is 0.452. The molecule has 55 heavy (non-hydrogen) atoms. The number of aliphatic hydroxyl groups excluding tert-OH is 1. The number of hydrogen-bond acceptors (Lipinski definition) is 9. The molecule has 292 valence electrons. The molecule has 3 aromatic carbocycles. The first kappa shape index (κ1) is 39.1. The van der Waals surface area contributed by atoms with Crippen molar-refractivity contribution in [2.45, 2.75) is 62.6 Å². The molecule has 2 atom stereocenters. The van der Waals surface area contributed by atoms with Gasteiger partial charge in [-0.05, 0) is 106 Å². The van der Waals surface area contributed by atoms with E-state index in [1.807, 2.05) is 30.3 Å². The van der Waals surface area contributed by atoms with E-state index in [9.17, 15) is 24.6 Å². The number of amides is 1. The summed E-state index contributed by atoms with van der Waals surface area (Å²) in [5, 5.41) is 25.2. The lowest BCUT2D eigenvalue weighted by atomic mass is 9.72. The second-order valence-corrected chi connectivity index (χ2v) is 15.8. The van der Waals surface area contributed by atoms with E-state index in [0.29, 0.717) is 79.3 Å². The lowest BCUT2D eigenvalue weighted by molar-refractivity contribution is -0.167. The van der Waals surface area contributed by atoms with Gasteiger partial charge in [0.05, 0.1) is 33.7 Å². The number of rotatable bonds is 14. The summed E-state index contributed by atoms with van der Waals surface area (Å²) >= 11 is 13.2. The zero-order valence-electron chi connectivity index (χ0n) is 30.8. The maximum Gasteiger partial charge on any atom is 0.317 e. The molecule has 13 heteroatoms. The number of nitrogens with one attached hydrogen (secondary N) is 2. The van der Waals surface area contributed by atoms with Crippen LogP contribution >= 0.6 is 23.2 Å². The fourth-order valence-electron chi connectivity index (χ4n) is 8.36. The number of benzene rings is 3. The smallest absolute Gasteiger partial charge is 0.317 e. The van der Waals surface area contributed by atoms with Crippen LogP contribution in [0.25, 0.3) is 10.9 Å². The quantitative estimate of drug-likeness (QED) is 0.0864. The SMILES string of the molecule is O=C(c1cc(Cl)c(OCCCCCNCC(O)c2ccc(O)c3[nH]c(=O)ccc23)c(Cl)c1)N1CCC(C(=O)OC2CN3CCC2CC3)(c2ccccc2)CC1. The fourth-order valence-corrected chi connectivity index (χ4v) is 8.96. The third-order valence-electron chi connectivity index (χ3n) is 11.6. The zero-order chi connectivity index (χ0) is 38.5. The molecule has 4 fully saturated rings. The minimum Gasteiger partial charge on any atom is -0.506 e. The van der Waals surface area contributed by atoms with Crippen LogP contribution in [0.4, 0.5) is 0 Å². The van der Waals surface area contributed by atoms with Crippen LogP contribution in [0, 0.1) is 5.92 Å². The topological polar surface area (TPSA) is 144 Å². The van der Waals surface area contributed by atoms with Gasteiger partial charge in [-0.1, -0.05) is 59.6 Å². The molecule has 4 aliphatic rings. The molecule has 5 heterocycles. The van der Waals surface area contributed by atoms with E-state index >= 15 is 0 Å². The van der Waals surface area contributed by atoms with Crippen molar-refractivity contribution in [2.75, 3.05) is 52.4 Å². The summed E-state index contributed by atoms with van der Waals surface area (Å²) in [6.07, 6.45) is 4.57. The van der Waals surface area contributed by atoms with E-state index < -0.39 is 11.5 Å². The molecule has 4 aromatic rings. The maximum atomic E-state index is 14.0. The Hall–Kier alpha value is -4.13. The van der Waals surface area contributed by atoms with Crippen molar-refractivity contribution in [3.63, 3.8) is 0 Å². The van der Waals surface area contributed by atoms with Crippen molar-refractivity contribution >= 4 is 46.0 Å². The number of phenolic OH excluding ortho intramolecular Hbond substituents is 1.